The Morgan fingerprint density at radius 2 is 2.19 bits per heavy atom. The van der Waals surface area contributed by atoms with Gasteiger partial charge in [-0.05, 0) is 12.5 Å². The lowest BCUT2D eigenvalue weighted by molar-refractivity contribution is 0.0953. The Balaban J connectivity index is 2.55. The van der Waals surface area contributed by atoms with Gasteiger partial charge in [-0.25, -0.2) is 4.98 Å². The minimum absolute atomic E-state index is 0.203. The first kappa shape index (κ1) is 13.3. The third-order valence-electron chi connectivity index (χ3n) is 2.13. The number of carbonyl (C=O) groups excluding carboxylic acids is 1. The van der Waals surface area contributed by atoms with Gasteiger partial charge in [-0.2, -0.15) is 0 Å². The molecule has 0 radical (unpaired) electrons. The topological polar surface area (TPSA) is 42.0 Å². The van der Waals surface area contributed by atoms with Crippen molar-refractivity contribution in [3.63, 3.8) is 0 Å². The minimum atomic E-state index is -0.203. The van der Waals surface area contributed by atoms with Crippen molar-refractivity contribution in [3.05, 3.63) is 28.0 Å². The number of unbranched alkanes of at least 4 members (excludes halogenated alkanes) is 2. The van der Waals surface area contributed by atoms with Crippen LogP contribution in [-0.2, 0) is 0 Å². The second kappa shape index (κ2) is 6.71. The first-order valence-electron chi connectivity index (χ1n) is 5.24. The van der Waals surface area contributed by atoms with Crippen LogP contribution >= 0.6 is 23.2 Å². The number of carbonyl (C=O) groups is 1. The molecule has 1 amide bonds. The summed E-state index contributed by atoms with van der Waals surface area (Å²) >= 11 is 11.5. The number of halogens is 2. The van der Waals surface area contributed by atoms with Crippen molar-refractivity contribution in [2.75, 3.05) is 6.54 Å². The fraction of sp³-hybridized carbons (Fsp3) is 0.455. The lowest BCUT2D eigenvalue weighted by Gasteiger charge is -2.06. The van der Waals surface area contributed by atoms with Crippen LogP contribution < -0.4 is 5.32 Å². The molecule has 0 aliphatic carbocycles. The molecule has 88 valence electrons. The standard InChI is InChI=1S/C11H14Cl2N2O/c1-2-3-4-5-14-11(16)8-6-10(13)15-7-9(8)12/h6-7H,2-5H2,1H3,(H,14,16). The van der Waals surface area contributed by atoms with Crippen LogP contribution in [0.15, 0.2) is 12.3 Å². The molecule has 3 nitrogen and oxygen atoms in total. The summed E-state index contributed by atoms with van der Waals surface area (Å²) in [6, 6.07) is 1.47. The Morgan fingerprint density at radius 1 is 1.44 bits per heavy atom. The maximum Gasteiger partial charge on any atom is 0.252 e. The van der Waals surface area contributed by atoms with Gasteiger partial charge < -0.3 is 5.32 Å². The lowest BCUT2D eigenvalue weighted by Crippen LogP contribution is -2.24. The summed E-state index contributed by atoms with van der Waals surface area (Å²) in [6.07, 6.45) is 4.58. The molecule has 0 bridgehead atoms. The summed E-state index contributed by atoms with van der Waals surface area (Å²) in [7, 11) is 0. The van der Waals surface area contributed by atoms with Crippen LogP contribution in [0.5, 0.6) is 0 Å². The second-order valence-electron chi connectivity index (χ2n) is 3.45. The van der Waals surface area contributed by atoms with Crippen molar-refractivity contribution in [1.82, 2.24) is 10.3 Å². The van der Waals surface area contributed by atoms with Gasteiger partial charge in [-0.3, -0.25) is 4.79 Å². The van der Waals surface area contributed by atoms with Crippen LogP contribution in [0.4, 0.5) is 0 Å². The van der Waals surface area contributed by atoms with Gasteiger partial charge in [0.05, 0.1) is 10.6 Å². The van der Waals surface area contributed by atoms with E-state index < -0.39 is 0 Å². The zero-order valence-corrected chi connectivity index (χ0v) is 10.6. The van der Waals surface area contributed by atoms with Crippen LogP contribution in [0.1, 0.15) is 36.5 Å². The third kappa shape index (κ3) is 3.99. The van der Waals surface area contributed by atoms with Crippen molar-refractivity contribution in [3.8, 4) is 0 Å². The Bertz CT molecular complexity index is 369. The number of hydrogen-bond donors (Lipinski definition) is 1. The SMILES string of the molecule is CCCCCNC(=O)c1cc(Cl)ncc1Cl. The molecule has 1 heterocycles. The number of nitrogens with one attached hydrogen (secondary N) is 1. The van der Waals surface area contributed by atoms with Gasteiger partial charge in [0.15, 0.2) is 0 Å². The molecular weight excluding hydrogens is 247 g/mol. The predicted octanol–water partition coefficient (Wildman–Crippen LogP) is 3.31. The summed E-state index contributed by atoms with van der Waals surface area (Å²) in [4.78, 5) is 15.5. The van der Waals surface area contributed by atoms with E-state index in [0.717, 1.165) is 19.3 Å². The summed E-state index contributed by atoms with van der Waals surface area (Å²) in [6.45, 7) is 2.77. The van der Waals surface area contributed by atoms with E-state index in [9.17, 15) is 4.79 Å². The number of rotatable bonds is 5. The average molecular weight is 261 g/mol. The highest BCUT2D eigenvalue weighted by Gasteiger charge is 2.10. The first-order chi connectivity index (χ1) is 7.65. The smallest absolute Gasteiger partial charge is 0.252 e. The van der Waals surface area contributed by atoms with Gasteiger partial charge >= 0.3 is 0 Å². The highest BCUT2D eigenvalue weighted by atomic mass is 35.5. The monoisotopic (exact) mass is 260 g/mol. The van der Waals surface area contributed by atoms with E-state index in [1.165, 1.54) is 12.3 Å². The molecule has 1 aromatic heterocycles. The normalized spacial score (nSPS) is 10.2. The summed E-state index contributed by atoms with van der Waals surface area (Å²) in [5, 5.41) is 3.38. The molecule has 16 heavy (non-hydrogen) atoms. The molecule has 0 atom stereocenters. The Hall–Kier alpha value is -0.800. The zero-order valence-electron chi connectivity index (χ0n) is 9.09. The van der Waals surface area contributed by atoms with Crippen LogP contribution in [0.2, 0.25) is 10.2 Å². The molecule has 0 aliphatic heterocycles. The number of nitrogens with zero attached hydrogens (tertiary/aromatic N) is 1. The van der Waals surface area contributed by atoms with Gasteiger partial charge in [-0.15, -0.1) is 0 Å². The maximum atomic E-state index is 11.7. The van der Waals surface area contributed by atoms with Gasteiger partial charge in [0.1, 0.15) is 5.15 Å². The molecule has 0 saturated heterocycles. The maximum absolute atomic E-state index is 11.7. The largest absolute Gasteiger partial charge is 0.352 e. The number of hydrogen-bond acceptors (Lipinski definition) is 2. The van der Waals surface area contributed by atoms with Crippen molar-refractivity contribution < 1.29 is 4.79 Å². The molecule has 0 spiro atoms. The molecule has 1 N–H and O–H groups in total. The van der Waals surface area contributed by atoms with E-state index >= 15 is 0 Å². The molecule has 1 rings (SSSR count). The predicted molar refractivity (Wildman–Crippen MR) is 66.1 cm³/mol. The van der Waals surface area contributed by atoms with Gasteiger partial charge in [-0.1, -0.05) is 43.0 Å². The highest BCUT2D eigenvalue weighted by molar-refractivity contribution is 6.35. The number of aromatic nitrogens is 1. The minimum Gasteiger partial charge on any atom is -0.352 e. The van der Waals surface area contributed by atoms with Crippen molar-refractivity contribution >= 4 is 29.1 Å². The Labute approximate surface area is 105 Å². The number of amides is 1. The van der Waals surface area contributed by atoms with E-state index in [0.29, 0.717) is 17.1 Å². The van der Waals surface area contributed by atoms with Crippen molar-refractivity contribution in [2.45, 2.75) is 26.2 Å². The quantitative estimate of drug-likeness (QED) is 0.652. The molecule has 0 unspecified atom stereocenters. The van der Waals surface area contributed by atoms with Crippen molar-refractivity contribution in [1.29, 1.82) is 0 Å². The van der Waals surface area contributed by atoms with E-state index in [2.05, 4.69) is 17.2 Å². The third-order valence-corrected chi connectivity index (χ3v) is 2.64. The lowest BCUT2D eigenvalue weighted by atomic mass is 10.2. The van der Waals surface area contributed by atoms with Gasteiger partial charge in [0, 0.05) is 12.7 Å². The van der Waals surface area contributed by atoms with E-state index in [4.69, 9.17) is 23.2 Å². The van der Waals surface area contributed by atoms with Crippen LogP contribution in [-0.4, -0.2) is 17.4 Å². The molecule has 0 saturated carbocycles. The second-order valence-corrected chi connectivity index (χ2v) is 4.24. The first-order valence-corrected chi connectivity index (χ1v) is 6.00. The molecule has 0 aliphatic rings. The molecule has 5 heteroatoms. The van der Waals surface area contributed by atoms with E-state index in [-0.39, 0.29) is 11.1 Å². The van der Waals surface area contributed by atoms with Crippen LogP contribution in [0.3, 0.4) is 0 Å². The van der Waals surface area contributed by atoms with E-state index in [1.54, 1.807) is 0 Å². The molecule has 0 fully saturated rings. The Kier molecular flexibility index (Phi) is 5.56. The highest BCUT2D eigenvalue weighted by Crippen LogP contribution is 2.17. The summed E-state index contributed by atoms with van der Waals surface area (Å²) in [5.41, 5.74) is 0.373. The molecule has 0 aromatic carbocycles. The average Bonchev–Trinajstić information content (AvgIpc) is 2.27. The molecular formula is C11H14Cl2N2O. The molecule has 1 aromatic rings. The van der Waals surface area contributed by atoms with Crippen LogP contribution in [0, 0.1) is 0 Å². The van der Waals surface area contributed by atoms with Gasteiger partial charge in [0.25, 0.3) is 5.91 Å². The summed E-state index contributed by atoms with van der Waals surface area (Å²) in [5.74, 6) is -0.203. The Morgan fingerprint density at radius 3 is 2.88 bits per heavy atom. The zero-order chi connectivity index (χ0) is 12.0. The number of pyridine rings is 1. The fourth-order valence-electron chi connectivity index (χ4n) is 1.26. The van der Waals surface area contributed by atoms with Crippen molar-refractivity contribution in [2.24, 2.45) is 0 Å². The van der Waals surface area contributed by atoms with E-state index in [1.807, 2.05) is 0 Å². The van der Waals surface area contributed by atoms with Crippen LogP contribution in [0.25, 0.3) is 0 Å². The van der Waals surface area contributed by atoms with Gasteiger partial charge in [0.2, 0.25) is 0 Å². The fourth-order valence-corrected chi connectivity index (χ4v) is 1.61. The summed E-state index contributed by atoms with van der Waals surface area (Å²) < 4.78 is 0.